The normalized spacial score (nSPS) is 10.8. The molecule has 0 radical (unpaired) electrons. The van der Waals surface area contributed by atoms with Crippen LogP contribution in [0.15, 0.2) is 48.5 Å². The molecule has 0 aliphatic heterocycles. The summed E-state index contributed by atoms with van der Waals surface area (Å²) in [5.41, 5.74) is 10.8. The molecule has 2 amide bonds. The van der Waals surface area contributed by atoms with Gasteiger partial charge < -0.3 is 25.1 Å². The van der Waals surface area contributed by atoms with Crippen LogP contribution < -0.4 is 20.5 Å². The van der Waals surface area contributed by atoms with Crippen molar-refractivity contribution >= 4 is 11.8 Å². The average Bonchev–Trinajstić information content (AvgIpc) is 3.10. The number of carbonyl (C=O) groups excluding carboxylic acids is 2. The molecule has 0 aliphatic carbocycles. The average molecular weight is 450 g/mol. The van der Waals surface area contributed by atoms with Crippen molar-refractivity contribution in [1.29, 1.82) is 0 Å². The molecule has 7 heteroatoms. The van der Waals surface area contributed by atoms with E-state index in [9.17, 15) is 9.59 Å². The molecule has 0 bridgehead atoms. The summed E-state index contributed by atoms with van der Waals surface area (Å²) in [6.45, 7) is 8.37. The van der Waals surface area contributed by atoms with Crippen molar-refractivity contribution in [2.24, 2.45) is 5.73 Å². The van der Waals surface area contributed by atoms with E-state index in [0.717, 1.165) is 22.6 Å². The number of aryl methyl sites for hydroxylation is 1. The van der Waals surface area contributed by atoms with Gasteiger partial charge >= 0.3 is 0 Å². The van der Waals surface area contributed by atoms with Crippen molar-refractivity contribution in [3.8, 4) is 17.2 Å². The van der Waals surface area contributed by atoms with Crippen LogP contribution in [0.4, 0.5) is 0 Å². The van der Waals surface area contributed by atoms with E-state index in [1.54, 1.807) is 18.2 Å². The topological polar surface area (TPSA) is 95.6 Å². The summed E-state index contributed by atoms with van der Waals surface area (Å²) in [5, 5.41) is 2.98. The molecule has 1 heterocycles. The van der Waals surface area contributed by atoms with Gasteiger partial charge in [0.05, 0.1) is 12.7 Å². The Hall–Kier alpha value is -3.74. The van der Waals surface area contributed by atoms with Gasteiger partial charge in [0.25, 0.3) is 11.8 Å². The SMILES string of the molecule is COc1cc(CNC(=O)c2cc(C)n(-c3cccc(C(C)C)c3)c2C)ccc1OCC(N)=O. The van der Waals surface area contributed by atoms with Gasteiger partial charge in [-0.15, -0.1) is 0 Å². The van der Waals surface area contributed by atoms with Crippen molar-refractivity contribution in [3.63, 3.8) is 0 Å². The Labute approximate surface area is 194 Å². The number of carbonyl (C=O) groups is 2. The molecule has 1 aromatic heterocycles. The zero-order valence-electron chi connectivity index (χ0n) is 19.8. The zero-order chi connectivity index (χ0) is 24.1. The molecule has 0 spiro atoms. The van der Waals surface area contributed by atoms with Gasteiger partial charge in [-0.1, -0.05) is 32.0 Å². The minimum absolute atomic E-state index is 0.151. The van der Waals surface area contributed by atoms with E-state index in [1.165, 1.54) is 12.7 Å². The van der Waals surface area contributed by atoms with Crippen molar-refractivity contribution in [2.75, 3.05) is 13.7 Å². The number of hydrogen-bond donors (Lipinski definition) is 2. The van der Waals surface area contributed by atoms with E-state index in [-0.39, 0.29) is 12.5 Å². The predicted octanol–water partition coefficient (Wildman–Crippen LogP) is 4.02. The highest BCUT2D eigenvalue weighted by Crippen LogP contribution is 2.28. The highest BCUT2D eigenvalue weighted by Gasteiger charge is 2.17. The first kappa shape index (κ1) is 23.9. The molecule has 3 N–H and O–H groups in total. The lowest BCUT2D eigenvalue weighted by Crippen LogP contribution is -2.23. The molecule has 0 saturated carbocycles. The van der Waals surface area contributed by atoms with E-state index in [1.807, 2.05) is 26.0 Å². The van der Waals surface area contributed by atoms with Gasteiger partial charge in [-0.3, -0.25) is 9.59 Å². The second kappa shape index (κ2) is 10.3. The Bertz CT molecular complexity index is 1160. The second-order valence-electron chi connectivity index (χ2n) is 8.29. The maximum atomic E-state index is 13.0. The molecule has 0 unspecified atom stereocenters. The second-order valence-corrected chi connectivity index (χ2v) is 8.29. The van der Waals surface area contributed by atoms with E-state index in [4.69, 9.17) is 15.2 Å². The largest absolute Gasteiger partial charge is 0.493 e. The summed E-state index contributed by atoms with van der Waals surface area (Å²) in [4.78, 5) is 23.9. The van der Waals surface area contributed by atoms with E-state index in [0.29, 0.717) is 29.5 Å². The molecule has 2 aromatic carbocycles. The molecular weight excluding hydrogens is 418 g/mol. The molecule has 3 rings (SSSR count). The van der Waals surface area contributed by atoms with Gasteiger partial charge in [0.1, 0.15) is 0 Å². The molecule has 0 saturated heterocycles. The Morgan fingerprint density at radius 2 is 1.82 bits per heavy atom. The first-order valence-electron chi connectivity index (χ1n) is 10.9. The summed E-state index contributed by atoms with van der Waals surface area (Å²) in [7, 11) is 1.51. The molecule has 3 aromatic rings. The van der Waals surface area contributed by atoms with Gasteiger partial charge in [-0.2, -0.15) is 0 Å². The first-order valence-corrected chi connectivity index (χ1v) is 10.9. The fourth-order valence-corrected chi connectivity index (χ4v) is 3.78. The van der Waals surface area contributed by atoms with Gasteiger partial charge in [0.2, 0.25) is 0 Å². The van der Waals surface area contributed by atoms with Crippen LogP contribution in [0.3, 0.4) is 0 Å². The fourth-order valence-electron chi connectivity index (χ4n) is 3.78. The number of nitrogens with two attached hydrogens (primary N) is 1. The lowest BCUT2D eigenvalue weighted by Gasteiger charge is -2.13. The standard InChI is InChI=1S/C26H31N3O4/c1-16(2)20-7-6-8-21(13-20)29-17(3)11-22(18(29)4)26(31)28-14-19-9-10-23(24(12-19)32-5)33-15-25(27)30/h6-13,16H,14-15H2,1-5H3,(H2,27,30)(H,28,31). The Balaban J connectivity index is 1.76. The summed E-state index contributed by atoms with van der Waals surface area (Å²) in [6, 6.07) is 15.6. The molecule has 0 atom stereocenters. The molecular formula is C26H31N3O4. The number of nitrogens with one attached hydrogen (secondary N) is 1. The number of aromatic nitrogens is 1. The van der Waals surface area contributed by atoms with Crippen LogP contribution in [0.25, 0.3) is 5.69 Å². The number of methoxy groups -OCH3 is 1. The van der Waals surface area contributed by atoms with Crippen LogP contribution in [0.2, 0.25) is 0 Å². The summed E-state index contributed by atoms with van der Waals surface area (Å²) in [6.07, 6.45) is 0. The Kier molecular flexibility index (Phi) is 7.43. The summed E-state index contributed by atoms with van der Waals surface area (Å²) >= 11 is 0. The third-order valence-electron chi connectivity index (χ3n) is 5.52. The number of ether oxygens (including phenoxy) is 2. The maximum absolute atomic E-state index is 13.0. The fraction of sp³-hybridized carbons (Fsp3) is 0.308. The van der Waals surface area contributed by atoms with Crippen molar-refractivity contribution < 1.29 is 19.1 Å². The maximum Gasteiger partial charge on any atom is 0.255 e. The number of hydrogen-bond acceptors (Lipinski definition) is 4. The van der Waals surface area contributed by atoms with Gasteiger partial charge in [-0.25, -0.2) is 0 Å². The van der Waals surface area contributed by atoms with Crippen molar-refractivity contribution in [3.05, 3.63) is 76.6 Å². The minimum atomic E-state index is -0.568. The molecule has 33 heavy (non-hydrogen) atoms. The minimum Gasteiger partial charge on any atom is -0.493 e. The van der Waals surface area contributed by atoms with Crippen LogP contribution in [0.1, 0.15) is 52.6 Å². The molecule has 0 aliphatic rings. The number of rotatable bonds is 9. The zero-order valence-corrected chi connectivity index (χ0v) is 19.8. The van der Waals surface area contributed by atoms with Gasteiger partial charge in [0, 0.05) is 23.6 Å². The van der Waals surface area contributed by atoms with Crippen LogP contribution in [0.5, 0.6) is 11.5 Å². The lowest BCUT2D eigenvalue weighted by molar-refractivity contribution is -0.119. The number of benzene rings is 2. The number of primary amides is 1. The van der Waals surface area contributed by atoms with Crippen molar-refractivity contribution in [2.45, 2.75) is 40.2 Å². The van der Waals surface area contributed by atoms with E-state index < -0.39 is 5.91 Å². The van der Waals surface area contributed by atoms with Crippen molar-refractivity contribution in [1.82, 2.24) is 9.88 Å². The monoisotopic (exact) mass is 449 g/mol. The Morgan fingerprint density at radius 3 is 2.48 bits per heavy atom. The molecule has 7 nitrogen and oxygen atoms in total. The smallest absolute Gasteiger partial charge is 0.255 e. The number of nitrogens with zero attached hydrogens (tertiary/aromatic N) is 1. The number of amides is 2. The quantitative estimate of drug-likeness (QED) is 0.516. The van der Waals surface area contributed by atoms with E-state index in [2.05, 4.69) is 41.9 Å². The molecule has 0 fully saturated rings. The highest BCUT2D eigenvalue weighted by atomic mass is 16.5. The van der Waals surface area contributed by atoms with Gasteiger partial charge in [0.15, 0.2) is 18.1 Å². The third-order valence-corrected chi connectivity index (χ3v) is 5.52. The van der Waals surface area contributed by atoms with Crippen LogP contribution in [0, 0.1) is 13.8 Å². The third kappa shape index (κ3) is 5.55. The first-order chi connectivity index (χ1) is 15.7. The van der Waals surface area contributed by atoms with Crippen LogP contribution in [-0.4, -0.2) is 30.1 Å². The predicted molar refractivity (Wildman–Crippen MR) is 128 cm³/mol. The van der Waals surface area contributed by atoms with E-state index >= 15 is 0 Å². The van der Waals surface area contributed by atoms with Crippen LogP contribution >= 0.6 is 0 Å². The van der Waals surface area contributed by atoms with Gasteiger partial charge in [-0.05, 0) is 61.2 Å². The summed E-state index contributed by atoms with van der Waals surface area (Å²) < 4.78 is 12.8. The Morgan fingerprint density at radius 1 is 1.06 bits per heavy atom. The molecule has 174 valence electrons. The summed E-state index contributed by atoms with van der Waals surface area (Å²) in [5.74, 6) is 0.586. The van der Waals surface area contributed by atoms with Crippen LogP contribution in [-0.2, 0) is 11.3 Å². The highest BCUT2D eigenvalue weighted by molar-refractivity contribution is 5.95. The lowest BCUT2D eigenvalue weighted by atomic mass is 10.0.